The Kier molecular flexibility index (Phi) is 10.1. The molecule has 8 nitrogen and oxygen atoms in total. The second-order valence-corrected chi connectivity index (χ2v) is 18.5. The van der Waals surface area contributed by atoms with Gasteiger partial charge in [0.2, 0.25) is 5.95 Å². The van der Waals surface area contributed by atoms with Crippen LogP contribution in [0.3, 0.4) is 0 Å². The molecule has 0 saturated heterocycles. The predicted molar refractivity (Wildman–Crippen MR) is 287 cm³/mol. The van der Waals surface area contributed by atoms with Crippen molar-refractivity contribution in [2.45, 2.75) is 0 Å². The molecule has 0 bridgehead atoms. The molecule has 8 heterocycles. The van der Waals surface area contributed by atoms with Crippen LogP contribution in [0.15, 0.2) is 195 Å². The molecule has 2 aliphatic heterocycles. The Morgan fingerprint density at radius 1 is 0.356 bits per heavy atom. The summed E-state index contributed by atoms with van der Waals surface area (Å²) < 4.78 is 6.60. The quantitative estimate of drug-likeness (QED) is 0.129. The van der Waals surface area contributed by atoms with Crippen LogP contribution in [0, 0.1) is 24.3 Å². The summed E-state index contributed by atoms with van der Waals surface area (Å²) in [7, 11) is 0. The maximum absolute atomic E-state index is 4.82. The van der Waals surface area contributed by atoms with Crippen LogP contribution in [-0.4, -0.2) is 52.0 Å². The smallest absolute Gasteiger partial charge is 0.328 e. The summed E-state index contributed by atoms with van der Waals surface area (Å²) in [5, 5.41) is 6.70. The van der Waals surface area contributed by atoms with Gasteiger partial charge in [0.1, 0.15) is 24.3 Å². The van der Waals surface area contributed by atoms with E-state index in [0.29, 0.717) is 5.95 Å². The van der Waals surface area contributed by atoms with Crippen molar-refractivity contribution < 1.29 is 42.1 Å². The van der Waals surface area contributed by atoms with E-state index in [-0.39, 0.29) is 55.6 Å². The minimum Gasteiger partial charge on any atom is -0.328 e. The van der Waals surface area contributed by atoms with Crippen LogP contribution >= 0.6 is 0 Å². The topological polar surface area (TPSA) is 79.2 Å². The Morgan fingerprint density at radius 3 is 1.27 bits per heavy atom. The molecule has 0 aliphatic carbocycles. The molecule has 14 aromatic rings. The molecule has 0 fully saturated rings. The van der Waals surface area contributed by atoms with Gasteiger partial charge in [-0.05, 0) is 47.2 Å². The van der Waals surface area contributed by atoms with Crippen LogP contribution in [0.2, 0.25) is 0 Å². The maximum Gasteiger partial charge on any atom is 2.00 e. The van der Waals surface area contributed by atoms with Gasteiger partial charge in [-0.1, -0.05) is 141 Å². The molecule has 12 heteroatoms. The van der Waals surface area contributed by atoms with Crippen molar-refractivity contribution in [3.05, 3.63) is 219 Å². The largest absolute Gasteiger partial charge is 2.00 e. The van der Waals surface area contributed by atoms with Crippen molar-refractivity contribution in [3.63, 3.8) is 0 Å². The fraction of sp³-hybridized carbons (Fsp3) is 0. The molecule has 8 aromatic carbocycles. The fourth-order valence-electron chi connectivity index (χ4n) is 12.0. The third kappa shape index (κ3) is 6.27. The molecule has 0 spiro atoms. The maximum atomic E-state index is 4.82. The monoisotopic (exact) mass is 1290 g/mol. The fourth-order valence-corrected chi connectivity index (χ4v) is 12.0. The Morgan fingerprint density at radius 2 is 0.795 bits per heavy atom. The van der Waals surface area contributed by atoms with E-state index in [1.54, 1.807) is 12.7 Å². The van der Waals surface area contributed by atoms with E-state index in [1.165, 1.54) is 22.1 Å². The number of benzene rings is 8. The number of nitrogens with zero attached hydrogens (tertiary/aromatic N) is 8. The Labute approximate surface area is 448 Å². The minimum absolute atomic E-state index is 0. The molecule has 2 aliphatic rings. The van der Waals surface area contributed by atoms with Gasteiger partial charge in [-0.25, -0.2) is 24.9 Å². The molecule has 0 atom stereocenters. The average molecular weight is 1290 g/mol. The molecule has 342 valence electrons. The van der Waals surface area contributed by atoms with E-state index >= 15 is 0 Å². The number of fused-ring (bicyclic) bond motifs is 15. The third-order valence-electron chi connectivity index (χ3n) is 14.9. The van der Waals surface area contributed by atoms with Crippen molar-refractivity contribution in [3.8, 4) is 39.8 Å². The summed E-state index contributed by atoms with van der Waals surface area (Å²) in [5.41, 5.74) is 17.3. The number of aromatic nitrogens is 8. The van der Waals surface area contributed by atoms with Gasteiger partial charge in [-0.15, -0.1) is 21.9 Å². The summed E-state index contributed by atoms with van der Waals surface area (Å²) in [6.45, 7) is -0.292. The third-order valence-corrected chi connectivity index (χ3v) is 14.9. The van der Waals surface area contributed by atoms with Gasteiger partial charge in [-0.3, -0.25) is 0 Å². The van der Waals surface area contributed by atoms with E-state index in [0.717, 1.165) is 110 Å². The molecule has 0 unspecified atom stereocenters. The van der Waals surface area contributed by atoms with Crippen LogP contribution < -0.4 is 32.8 Å². The van der Waals surface area contributed by atoms with E-state index in [2.05, 4.69) is 189 Å². The van der Waals surface area contributed by atoms with Crippen LogP contribution in [0.5, 0.6) is 0 Å². The van der Waals surface area contributed by atoms with E-state index in [4.69, 9.17) is 19.9 Å². The van der Waals surface area contributed by atoms with Crippen LogP contribution in [0.4, 0.5) is 0 Å². The molecule has 6 aromatic heterocycles. The number of pyridine rings is 2. The predicted octanol–water partition coefficient (Wildman–Crippen LogP) is 8.14. The van der Waals surface area contributed by atoms with Gasteiger partial charge >= 0.3 is 42.1 Å². The van der Waals surface area contributed by atoms with Gasteiger partial charge < -0.3 is 13.7 Å². The van der Waals surface area contributed by atoms with E-state index in [1.807, 2.05) is 36.7 Å². The van der Waals surface area contributed by atoms with Crippen molar-refractivity contribution in [2.75, 3.05) is 0 Å². The zero-order valence-corrected chi connectivity index (χ0v) is 42.9. The Bertz CT molecular complexity index is 4290. The molecular weight excluding hydrogens is 1260 g/mol. The first-order valence-electron chi connectivity index (χ1n) is 23.8. The van der Waals surface area contributed by atoms with Gasteiger partial charge in [-0.2, -0.15) is 93.3 Å². The molecule has 16 rings (SSSR count). The number of hydrogen-bond acceptors (Lipinski definition) is 5. The molecule has 0 radical (unpaired) electrons. The van der Waals surface area contributed by atoms with Gasteiger partial charge in [0, 0.05) is 23.4 Å². The summed E-state index contributed by atoms with van der Waals surface area (Å²) in [6.07, 6.45) is 6.83. The summed E-state index contributed by atoms with van der Waals surface area (Å²) in [6, 6.07) is 76.5. The zero-order valence-electron chi connectivity index (χ0n) is 38.3. The number of rotatable bonds is 5. The first-order chi connectivity index (χ1) is 35.2. The normalized spacial score (nSPS) is 12.4. The minimum atomic E-state index is -0.146. The molecule has 0 saturated carbocycles. The van der Waals surface area contributed by atoms with E-state index in [9.17, 15) is 0 Å². The second kappa shape index (κ2) is 16.8. The summed E-state index contributed by atoms with van der Waals surface area (Å²) in [5.74, 6) is 2.22. The number of hydrogen-bond donors (Lipinski definition) is 0. The van der Waals surface area contributed by atoms with Gasteiger partial charge in [0.15, 0.2) is 13.4 Å². The van der Waals surface area contributed by atoms with Crippen molar-refractivity contribution >= 4 is 112 Å². The van der Waals surface area contributed by atoms with E-state index < -0.39 is 0 Å². The van der Waals surface area contributed by atoms with Gasteiger partial charge in [0.25, 0.3) is 0 Å². The summed E-state index contributed by atoms with van der Waals surface area (Å²) in [4.78, 5) is 23.5. The average Bonchev–Trinajstić information content (AvgIpc) is 4.21. The first kappa shape index (κ1) is 43.7. The molecular formula is C61H32B2N8Pt2. The van der Waals surface area contributed by atoms with Crippen LogP contribution in [0.25, 0.3) is 105 Å². The van der Waals surface area contributed by atoms with Gasteiger partial charge in [0.05, 0.1) is 0 Å². The number of para-hydroxylation sites is 2. The molecule has 0 N–H and O–H groups in total. The van der Waals surface area contributed by atoms with Crippen molar-refractivity contribution in [2.24, 2.45) is 0 Å². The van der Waals surface area contributed by atoms with Crippen molar-refractivity contribution in [1.29, 1.82) is 0 Å². The molecule has 0 amide bonds. The zero-order chi connectivity index (χ0) is 46.3. The Hall–Kier alpha value is -8.02. The first-order valence-corrected chi connectivity index (χ1v) is 23.8. The van der Waals surface area contributed by atoms with Crippen LogP contribution in [-0.2, 0) is 42.1 Å². The summed E-state index contributed by atoms with van der Waals surface area (Å²) >= 11 is 0. The SMILES string of the molecule is [Pt+2].[Pt+2].[c-]1c2c(cc3c4cc5c([c-]c4n(-c4ncncn4)c13)B(c1[c-]c3c(cc1)c1ccccc1n3-c1ccccn1)c1ccccc1-5)-c1ccccc1B2c1[c-]c2c(cc1)c1ccccc1n2-c1ccccn1. The van der Waals surface area contributed by atoms with Crippen LogP contribution in [0.1, 0.15) is 0 Å². The van der Waals surface area contributed by atoms with Crippen molar-refractivity contribution in [1.82, 2.24) is 38.6 Å². The Balaban J connectivity index is 0.00000247. The second-order valence-electron chi connectivity index (χ2n) is 18.5. The molecule has 73 heavy (non-hydrogen) atoms. The standard InChI is InChI=1S/C61H32B2N8.2Pt/c1-5-17-49-39(13-1)45-31-47-48-32-46-40-14-2-6-18-50(40)63(38-24-26-44-42-16-4-8-20-54(42)70(56(44)30-38)60-22-10-12-28-66-60)52(46)34-58(48)71(61-67-35-64-36-68-61)57(47)33-51(45)62(49)37-23-25-43-41-15-3-7-19-53(41)69(55(43)29-37)59-21-9-11-27-65-59;;/h1-28,31-32,35-36H;;/q-4;2*+2.